The Kier molecular flexibility index (Phi) is 3.22. The van der Waals surface area contributed by atoms with Crippen molar-refractivity contribution in [3.8, 4) is 0 Å². The fourth-order valence-electron chi connectivity index (χ4n) is 2.15. The molecule has 3 rings (SSSR count). The highest BCUT2D eigenvalue weighted by molar-refractivity contribution is 7.12. The highest BCUT2D eigenvalue weighted by atomic mass is 32.1. The number of carbonyl (C=O) groups is 1. The molecule has 2 heterocycles. The van der Waals surface area contributed by atoms with Crippen molar-refractivity contribution < 1.29 is 9.21 Å². The summed E-state index contributed by atoms with van der Waals surface area (Å²) in [7, 11) is 0. The van der Waals surface area contributed by atoms with Crippen LogP contribution < -0.4 is 0 Å². The van der Waals surface area contributed by atoms with Crippen molar-refractivity contribution in [1.82, 2.24) is 0 Å². The Morgan fingerprint density at radius 2 is 1.95 bits per heavy atom. The Morgan fingerprint density at radius 3 is 2.74 bits per heavy atom. The van der Waals surface area contributed by atoms with Gasteiger partial charge in [0.25, 0.3) is 0 Å². The Morgan fingerprint density at radius 1 is 1.16 bits per heavy atom. The highest BCUT2D eigenvalue weighted by Gasteiger charge is 2.14. The third-order valence-corrected chi connectivity index (χ3v) is 4.41. The number of para-hydroxylation sites is 1. The standard InChI is InChI=1S/C16H14O2S/c1-2-11-7-8-12(19-11)9-15(17)14-10-18-16-6-4-3-5-13(14)16/h3-8,10H,2,9H2,1H3. The van der Waals surface area contributed by atoms with Gasteiger partial charge in [0, 0.05) is 21.6 Å². The summed E-state index contributed by atoms with van der Waals surface area (Å²) >= 11 is 1.71. The van der Waals surface area contributed by atoms with Crippen LogP contribution in [0.15, 0.2) is 47.1 Å². The molecular formula is C16H14O2S. The number of aryl methyl sites for hydroxylation is 1. The van der Waals surface area contributed by atoms with Crippen LogP contribution in [0.3, 0.4) is 0 Å². The number of ketones is 1. The van der Waals surface area contributed by atoms with E-state index in [0.717, 1.165) is 22.3 Å². The van der Waals surface area contributed by atoms with Crippen LogP contribution in [0.4, 0.5) is 0 Å². The van der Waals surface area contributed by atoms with Gasteiger partial charge in [-0.1, -0.05) is 25.1 Å². The van der Waals surface area contributed by atoms with Gasteiger partial charge >= 0.3 is 0 Å². The molecule has 1 aromatic carbocycles. The van der Waals surface area contributed by atoms with Crippen molar-refractivity contribution in [3.63, 3.8) is 0 Å². The van der Waals surface area contributed by atoms with Crippen LogP contribution in [0.25, 0.3) is 11.0 Å². The summed E-state index contributed by atoms with van der Waals surface area (Å²) in [5, 5.41) is 0.903. The molecule has 0 fully saturated rings. The molecule has 0 saturated heterocycles. The maximum atomic E-state index is 12.3. The molecule has 0 spiro atoms. The maximum absolute atomic E-state index is 12.3. The number of carbonyl (C=O) groups excluding carboxylic acids is 1. The van der Waals surface area contributed by atoms with E-state index >= 15 is 0 Å². The molecule has 0 unspecified atom stereocenters. The molecule has 0 aliphatic carbocycles. The molecule has 2 nitrogen and oxygen atoms in total. The van der Waals surface area contributed by atoms with Crippen molar-refractivity contribution in [1.29, 1.82) is 0 Å². The third-order valence-electron chi connectivity index (χ3n) is 3.18. The summed E-state index contributed by atoms with van der Waals surface area (Å²) in [6, 6.07) is 11.8. The lowest BCUT2D eigenvalue weighted by atomic mass is 10.1. The quantitative estimate of drug-likeness (QED) is 0.654. The summed E-state index contributed by atoms with van der Waals surface area (Å²) < 4.78 is 5.42. The summed E-state index contributed by atoms with van der Waals surface area (Å²) in [5.74, 6) is 0.120. The number of hydrogen-bond donors (Lipinski definition) is 0. The number of Topliss-reactive ketones (excluding diaryl/α,β-unsaturated/α-hetero) is 1. The van der Waals surface area contributed by atoms with Crippen LogP contribution in [0.1, 0.15) is 27.0 Å². The van der Waals surface area contributed by atoms with E-state index in [4.69, 9.17) is 4.42 Å². The second-order valence-corrected chi connectivity index (χ2v) is 5.72. The molecule has 0 aliphatic heterocycles. The van der Waals surface area contributed by atoms with Gasteiger partial charge in [-0.2, -0.15) is 0 Å². The molecule has 3 heteroatoms. The zero-order valence-corrected chi connectivity index (χ0v) is 11.5. The van der Waals surface area contributed by atoms with Gasteiger partial charge in [-0.05, 0) is 24.6 Å². The van der Waals surface area contributed by atoms with Gasteiger partial charge in [0.05, 0.1) is 5.56 Å². The summed E-state index contributed by atoms with van der Waals surface area (Å²) in [6.45, 7) is 2.13. The first-order valence-electron chi connectivity index (χ1n) is 6.35. The summed E-state index contributed by atoms with van der Waals surface area (Å²) in [5.41, 5.74) is 1.45. The van der Waals surface area contributed by atoms with E-state index in [1.54, 1.807) is 17.6 Å². The van der Waals surface area contributed by atoms with Crippen LogP contribution >= 0.6 is 11.3 Å². The molecule has 2 aromatic heterocycles. The molecule has 0 aliphatic rings. The van der Waals surface area contributed by atoms with Crippen LogP contribution in [-0.4, -0.2) is 5.78 Å². The van der Waals surface area contributed by atoms with E-state index in [1.807, 2.05) is 30.3 Å². The first-order chi connectivity index (χ1) is 9.28. The van der Waals surface area contributed by atoms with Gasteiger partial charge in [0.15, 0.2) is 5.78 Å². The number of furan rings is 1. The number of fused-ring (bicyclic) bond motifs is 1. The fraction of sp³-hybridized carbons (Fsp3) is 0.188. The Labute approximate surface area is 115 Å². The molecular weight excluding hydrogens is 256 g/mol. The first-order valence-corrected chi connectivity index (χ1v) is 7.16. The van der Waals surface area contributed by atoms with Crippen molar-refractivity contribution >= 4 is 28.1 Å². The molecule has 3 aromatic rings. The van der Waals surface area contributed by atoms with Crippen molar-refractivity contribution in [2.24, 2.45) is 0 Å². The molecule has 0 atom stereocenters. The smallest absolute Gasteiger partial charge is 0.171 e. The van der Waals surface area contributed by atoms with Gasteiger partial charge in [0.2, 0.25) is 0 Å². The molecule has 0 N–H and O–H groups in total. The van der Waals surface area contributed by atoms with E-state index < -0.39 is 0 Å². The van der Waals surface area contributed by atoms with E-state index in [1.165, 1.54) is 4.88 Å². The number of hydrogen-bond acceptors (Lipinski definition) is 3. The predicted molar refractivity (Wildman–Crippen MR) is 77.9 cm³/mol. The minimum Gasteiger partial charge on any atom is -0.464 e. The van der Waals surface area contributed by atoms with Crippen LogP contribution in [0, 0.1) is 0 Å². The molecule has 19 heavy (non-hydrogen) atoms. The van der Waals surface area contributed by atoms with Crippen molar-refractivity contribution in [2.45, 2.75) is 19.8 Å². The zero-order valence-electron chi connectivity index (χ0n) is 10.7. The number of thiophene rings is 1. The van der Waals surface area contributed by atoms with Crippen molar-refractivity contribution in [2.75, 3.05) is 0 Å². The predicted octanol–water partition coefficient (Wildman–Crippen LogP) is 4.48. The van der Waals surface area contributed by atoms with Gasteiger partial charge in [-0.3, -0.25) is 4.79 Å². The lowest BCUT2D eigenvalue weighted by molar-refractivity contribution is 0.0994. The maximum Gasteiger partial charge on any atom is 0.171 e. The molecule has 0 saturated carbocycles. The van der Waals surface area contributed by atoms with E-state index in [0.29, 0.717) is 12.0 Å². The lowest BCUT2D eigenvalue weighted by Crippen LogP contribution is -2.00. The summed E-state index contributed by atoms with van der Waals surface area (Å²) in [4.78, 5) is 14.8. The average molecular weight is 270 g/mol. The van der Waals surface area contributed by atoms with Gasteiger partial charge < -0.3 is 4.42 Å². The van der Waals surface area contributed by atoms with Crippen LogP contribution in [-0.2, 0) is 12.8 Å². The lowest BCUT2D eigenvalue weighted by Gasteiger charge is -1.96. The zero-order chi connectivity index (χ0) is 13.2. The number of benzene rings is 1. The van der Waals surface area contributed by atoms with Gasteiger partial charge in [-0.25, -0.2) is 0 Å². The SMILES string of the molecule is CCc1ccc(CC(=O)c2coc3ccccc23)s1. The van der Waals surface area contributed by atoms with Crippen LogP contribution in [0.2, 0.25) is 0 Å². The Balaban J connectivity index is 1.87. The normalized spacial score (nSPS) is 11.0. The highest BCUT2D eigenvalue weighted by Crippen LogP contribution is 2.24. The number of rotatable bonds is 4. The van der Waals surface area contributed by atoms with Crippen molar-refractivity contribution in [3.05, 3.63) is 58.0 Å². The second kappa shape index (κ2) is 5.02. The minimum absolute atomic E-state index is 0.120. The van der Waals surface area contributed by atoms with E-state index in [9.17, 15) is 4.79 Å². The third kappa shape index (κ3) is 2.34. The minimum atomic E-state index is 0.120. The molecule has 0 amide bonds. The molecule has 0 bridgehead atoms. The largest absolute Gasteiger partial charge is 0.464 e. The fourth-order valence-corrected chi connectivity index (χ4v) is 3.11. The van der Waals surface area contributed by atoms with Gasteiger partial charge in [-0.15, -0.1) is 11.3 Å². The van der Waals surface area contributed by atoms with Crippen LogP contribution in [0.5, 0.6) is 0 Å². The Bertz CT molecular complexity index is 721. The Hall–Kier alpha value is -1.87. The average Bonchev–Trinajstić information content (AvgIpc) is 3.04. The monoisotopic (exact) mass is 270 g/mol. The second-order valence-electron chi connectivity index (χ2n) is 4.47. The summed E-state index contributed by atoms with van der Waals surface area (Å²) in [6.07, 6.45) is 3.04. The topological polar surface area (TPSA) is 30.2 Å². The molecule has 96 valence electrons. The first kappa shape index (κ1) is 12.2. The molecule has 0 radical (unpaired) electrons. The van der Waals surface area contributed by atoms with E-state index in [2.05, 4.69) is 13.0 Å². The van der Waals surface area contributed by atoms with E-state index in [-0.39, 0.29) is 5.78 Å². The van der Waals surface area contributed by atoms with Gasteiger partial charge in [0.1, 0.15) is 11.8 Å².